The molecule has 1 fully saturated rings. The van der Waals surface area contributed by atoms with Crippen molar-refractivity contribution in [2.24, 2.45) is 0 Å². The third kappa shape index (κ3) is 5.28. The fraction of sp³-hybridized carbons (Fsp3) is 0.667. The van der Waals surface area contributed by atoms with Crippen LogP contribution < -0.4 is 0 Å². The van der Waals surface area contributed by atoms with E-state index >= 15 is 0 Å². The molecule has 0 aromatic heterocycles. The van der Waals surface area contributed by atoms with Crippen molar-refractivity contribution in [3.05, 3.63) is 35.9 Å². The van der Waals surface area contributed by atoms with Crippen LogP contribution in [-0.4, -0.2) is 74.9 Å². The fourth-order valence-corrected chi connectivity index (χ4v) is 5.10. The summed E-state index contributed by atoms with van der Waals surface area (Å²) >= 11 is 0. The third-order valence-corrected chi connectivity index (χ3v) is 6.46. The van der Waals surface area contributed by atoms with E-state index in [1.807, 2.05) is 30.3 Å². The van der Waals surface area contributed by atoms with E-state index in [1.54, 1.807) is 4.31 Å². The molecule has 1 aliphatic rings. The van der Waals surface area contributed by atoms with E-state index in [-0.39, 0.29) is 17.8 Å². The maximum absolute atomic E-state index is 12.8. The van der Waals surface area contributed by atoms with Crippen LogP contribution in [0.25, 0.3) is 0 Å². The quantitative estimate of drug-likeness (QED) is 0.751. The van der Waals surface area contributed by atoms with E-state index < -0.39 is 10.0 Å². The Labute approximate surface area is 147 Å². The summed E-state index contributed by atoms with van der Waals surface area (Å²) in [6.07, 6.45) is 1.11. The van der Waals surface area contributed by atoms with Crippen molar-refractivity contribution < 1.29 is 8.42 Å². The maximum atomic E-state index is 12.8. The summed E-state index contributed by atoms with van der Waals surface area (Å²) in [7, 11) is 0.907. The molecule has 2 rings (SSSR count). The van der Waals surface area contributed by atoms with E-state index in [0.717, 1.165) is 25.1 Å². The minimum Gasteiger partial charge on any atom is -0.309 e. The van der Waals surface area contributed by atoms with Crippen molar-refractivity contribution in [2.75, 3.05) is 40.3 Å². The van der Waals surface area contributed by atoms with Gasteiger partial charge in [-0.15, -0.1) is 0 Å². The zero-order chi connectivity index (χ0) is 17.7. The first-order valence-electron chi connectivity index (χ1n) is 8.72. The van der Waals surface area contributed by atoms with Gasteiger partial charge in [0, 0.05) is 31.7 Å². The normalized spacial score (nSPS) is 23.7. The number of hydrogen-bond acceptors (Lipinski definition) is 4. The predicted molar refractivity (Wildman–Crippen MR) is 99.4 cm³/mol. The molecule has 2 unspecified atom stereocenters. The minimum absolute atomic E-state index is 0.0912. The van der Waals surface area contributed by atoms with Crippen LogP contribution in [0.3, 0.4) is 0 Å². The van der Waals surface area contributed by atoms with Crippen molar-refractivity contribution in [3.63, 3.8) is 0 Å². The van der Waals surface area contributed by atoms with Crippen LogP contribution in [0.1, 0.15) is 25.8 Å². The molecule has 6 heteroatoms. The van der Waals surface area contributed by atoms with Crippen LogP contribution in [0.5, 0.6) is 0 Å². The second kappa shape index (κ2) is 8.43. The Kier molecular flexibility index (Phi) is 6.80. The lowest BCUT2D eigenvalue weighted by Crippen LogP contribution is -2.58. The second-order valence-electron chi connectivity index (χ2n) is 7.15. The smallest absolute Gasteiger partial charge is 0.218 e. The van der Waals surface area contributed by atoms with Gasteiger partial charge in [0.15, 0.2) is 0 Å². The van der Waals surface area contributed by atoms with Crippen LogP contribution in [-0.2, 0) is 15.8 Å². The average Bonchev–Trinajstić information content (AvgIpc) is 2.50. The molecular weight excluding hydrogens is 322 g/mol. The molecule has 136 valence electrons. The first-order chi connectivity index (χ1) is 11.3. The van der Waals surface area contributed by atoms with E-state index in [1.165, 1.54) is 0 Å². The first kappa shape index (κ1) is 19.4. The highest BCUT2D eigenvalue weighted by Crippen LogP contribution is 2.21. The van der Waals surface area contributed by atoms with Crippen molar-refractivity contribution >= 4 is 10.0 Å². The van der Waals surface area contributed by atoms with Gasteiger partial charge in [0.2, 0.25) is 10.0 Å². The predicted octanol–water partition coefficient (Wildman–Crippen LogP) is 1.86. The highest BCUT2D eigenvalue weighted by Gasteiger charge is 2.34. The highest BCUT2D eigenvalue weighted by atomic mass is 32.2. The number of hydrogen-bond donors (Lipinski definition) is 0. The van der Waals surface area contributed by atoms with E-state index in [9.17, 15) is 8.42 Å². The monoisotopic (exact) mass is 353 g/mol. The average molecular weight is 354 g/mol. The Morgan fingerprint density at radius 1 is 1.08 bits per heavy atom. The van der Waals surface area contributed by atoms with Crippen molar-refractivity contribution in [3.8, 4) is 0 Å². The molecule has 1 aromatic carbocycles. The number of rotatable bonds is 7. The van der Waals surface area contributed by atoms with E-state index in [0.29, 0.717) is 13.1 Å². The second-order valence-corrected chi connectivity index (χ2v) is 9.12. The van der Waals surface area contributed by atoms with Crippen LogP contribution in [0.15, 0.2) is 30.3 Å². The number of sulfonamides is 1. The summed E-state index contributed by atoms with van der Waals surface area (Å²) in [4.78, 5) is 4.63. The molecule has 0 bridgehead atoms. The van der Waals surface area contributed by atoms with Gasteiger partial charge >= 0.3 is 0 Å². The van der Waals surface area contributed by atoms with Crippen LogP contribution in [0.4, 0.5) is 0 Å². The number of nitrogens with zero attached hydrogens (tertiary/aromatic N) is 3. The Morgan fingerprint density at radius 2 is 1.67 bits per heavy atom. The molecule has 0 aliphatic carbocycles. The van der Waals surface area contributed by atoms with Gasteiger partial charge in [-0.2, -0.15) is 4.31 Å². The molecule has 0 amide bonds. The molecule has 0 N–H and O–H groups in total. The lowest BCUT2D eigenvalue weighted by Gasteiger charge is -2.44. The van der Waals surface area contributed by atoms with Gasteiger partial charge in [0.1, 0.15) is 0 Å². The van der Waals surface area contributed by atoms with Gasteiger partial charge in [-0.1, -0.05) is 30.3 Å². The zero-order valence-electron chi connectivity index (χ0n) is 15.4. The fourth-order valence-electron chi connectivity index (χ4n) is 3.42. The molecule has 1 heterocycles. The van der Waals surface area contributed by atoms with Gasteiger partial charge < -0.3 is 4.90 Å². The molecule has 2 atom stereocenters. The van der Waals surface area contributed by atoms with E-state index in [4.69, 9.17) is 0 Å². The molecule has 0 spiro atoms. The number of piperazine rings is 1. The largest absolute Gasteiger partial charge is 0.309 e. The summed E-state index contributed by atoms with van der Waals surface area (Å²) in [5.41, 5.74) is 0.853. The molecule has 1 aromatic rings. The van der Waals surface area contributed by atoms with Gasteiger partial charge in [-0.05, 0) is 46.5 Å². The summed E-state index contributed by atoms with van der Waals surface area (Å²) in [5, 5.41) is 0. The highest BCUT2D eigenvalue weighted by molar-refractivity contribution is 7.88. The lowest BCUT2D eigenvalue weighted by molar-refractivity contribution is 0.0739. The summed E-state index contributed by atoms with van der Waals surface area (Å²) in [6.45, 7) is 7.52. The SMILES string of the molecule is CC1CN(S(=O)(=O)Cc2ccccc2)CC(C)N1CCCN(C)C. The zero-order valence-corrected chi connectivity index (χ0v) is 16.2. The van der Waals surface area contributed by atoms with Crippen LogP contribution >= 0.6 is 0 Å². The topological polar surface area (TPSA) is 43.9 Å². The Balaban J connectivity index is 1.97. The van der Waals surface area contributed by atoms with Gasteiger partial charge in [-0.25, -0.2) is 8.42 Å². The Bertz CT molecular complexity index is 592. The van der Waals surface area contributed by atoms with Gasteiger partial charge in [0.25, 0.3) is 0 Å². The minimum atomic E-state index is -3.26. The molecule has 24 heavy (non-hydrogen) atoms. The van der Waals surface area contributed by atoms with Crippen LogP contribution in [0, 0.1) is 0 Å². The van der Waals surface area contributed by atoms with Gasteiger partial charge in [0.05, 0.1) is 5.75 Å². The standard InChI is InChI=1S/C18H31N3O2S/c1-16-13-20(14-17(2)21(16)12-8-11-19(3)4)24(22,23)15-18-9-6-5-7-10-18/h5-7,9-10,16-17H,8,11-15H2,1-4H3. The van der Waals surface area contributed by atoms with Crippen LogP contribution in [0.2, 0.25) is 0 Å². The Morgan fingerprint density at radius 3 is 2.21 bits per heavy atom. The Hall–Kier alpha value is -0.950. The lowest BCUT2D eigenvalue weighted by atomic mass is 10.1. The molecule has 1 saturated heterocycles. The molecule has 5 nitrogen and oxygen atoms in total. The van der Waals surface area contributed by atoms with Gasteiger partial charge in [-0.3, -0.25) is 4.90 Å². The first-order valence-corrected chi connectivity index (χ1v) is 10.3. The third-order valence-electron chi connectivity index (χ3n) is 4.67. The van der Waals surface area contributed by atoms with Crippen molar-refractivity contribution in [2.45, 2.75) is 38.1 Å². The maximum Gasteiger partial charge on any atom is 0.218 e. The van der Waals surface area contributed by atoms with E-state index in [2.05, 4.69) is 37.7 Å². The number of benzene rings is 1. The molecule has 0 saturated carbocycles. The summed E-state index contributed by atoms with van der Waals surface area (Å²) in [6, 6.07) is 9.94. The van der Waals surface area contributed by atoms with Crippen molar-refractivity contribution in [1.82, 2.24) is 14.1 Å². The van der Waals surface area contributed by atoms with Crippen molar-refractivity contribution in [1.29, 1.82) is 0 Å². The molecular formula is C18H31N3O2S. The molecule has 0 radical (unpaired) electrons. The summed E-state index contributed by atoms with van der Waals surface area (Å²) in [5.74, 6) is 0.0912. The summed E-state index contributed by atoms with van der Waals surface area (Å²) < 4.78 is 27.2. The molecule has 1 aliphatic heterocycles.